The van der Waals surface area contributed by atoms with Crippen molar-refractivity contribution in [1.82, 2.24) is 4.90 Å². The van der Waals surface area contributed by atoms with Crippen LogP contribution in [0, 0.1) is 12.8 Å². The summed E-state index contributed by atoms with van der Waals surface area (Å²) in [6, 6.07) is 0. The summed E-state index contributed by atoms with van der Waals surface area (Å²) in [6.07, 6.45) is 4.33. The summed E-state index contributed by atoms with van der Waals surface area (Å²) >= 11 is 0. The zero-order chi connectivity index (χ0) is 16.4. The van der Waals surface area contributed by atoms with E-state index in [0.29, 0.717) is 35.1 Å². The third kappa shape index (κ3) is 2.83. The highest BCUT2D eigenvalue weighted by molar-refractivity contribution is 6.22. The summed E-state index contributed by atoms with van der Waals surface area (Å²) in [5.41, 5.74) is 0.988. The summed E-state index contributed by atoms with van der Waals surface area (Å²) in [4.78, 5) is 26.8. The number of furan rings is 1. The van der Waals surface area contributed by atoms with Gasteiger partial charge in [0, 0.05) is 12.5 Å². The Hall–Kier alpha value is -1.58. The maximum absolute atomic E-state index is 12.7. The number of rotatable bonds is 7. The quantitative estimate of drug-likeness (QED) is 0.696. The zero-order valence-electron chi connectivity index (χ0n) is 14.4. The number of carbonyl (C=O) groups is 2. The van der Waals surface area contributed by atoms with Crippen LogP contribution in [-0.2, 0) is 0 Å². The van der Waals surface area contributed by atoms with Gasteiger partial charge in [-0.3, -0.25) is 14.5 Å². The molecule has 1 aromatic rings. The molecular weight excluding hydrogens is 278 g/mol. The van der Waals surface area contributed by atoms with Gasteiger partial charge in [0.15, 0.2) is 0 Å². The second-order valence-corrected chi connectivity index (χ2v) is 6.56. The topological polar surface area (TPSA) is 50.5 Å². The Kier molecular flexibility index (Phi) is 5.09. The monoisotopic (exact) mass is 305 g/mol. The fraction of sp³-hybridized carbons (Fsp3) is 0.667. The minimum absolute atomic E-state index is 0.0983. The highest BCUT2D eigenvalue weighted by Crippen LogP contribution is 2.35. The number of unbranched alkanes of at least 4 members (excludes halogenated alkanes) is 1. The van der Waals surface area contributed by atoms with E-state index in [2.05, 4.69) is 13.8 Å². The van der Waals surface area contributed by atoms with E-state index in [-0.39, 0.29) is 17.7 Å². The van der Waals surface area contributed by atoms with Crippen LogP contribution in [0.25, 0.3) is 0 Å². The van der Waals surface area contributed by atoms with Gasteiger partial charge in [0.25, 0.3) is 11.8 Å². The molecule has 0 aliphatic carbocycles. The lowest BCUT2D eigenvalue weighted by atomic mass is 9.99. The van der Waals surface area contributed by atoms with Crippen LogP contribution in [0.4, 0.5) is 0 Å². The van der Waals surface area contributed by atoms with E-state index in [1.54, 1.807) is 6.92 Å². The molecule has 4 nitrogen and oxygen atoms in total. The molecule has 1 aliphatic heterocycles. The number of aryl methyl sites for hydroxylation is 1. The fourth-order valence-electron chi connectivity index (χ4n) is 3.15. The molecule has 2 rings (SSSR count). The Balaban J connectivity index is 2.25. The summed E-state index contributed by atoms with van der Waals surface area (Å²) in [6.45, 7) is 10.5. The lowest BCUT2D eigenvalue weighted by Crippen LogP contribution is -2.35. The van der Waals surface area contributed by atoms with Crippen molar-refractivity contribution < 1.29 is 14.0 Å². The highest BCUT2D eigenvalue weighted by atomic mass is 16.3. The van der Waals surface area contributed by atoms with Gasteiger partial charge in [-0.15, -0.1) is 0 Å². The Labute approximate surface area is 132 Å². The van der Waals surface area contributed by atoms with E-state index < -0.39 is 0 Å². The number of fused-ring (bicyclic) bond motifs is 1. The van der Waals surface area contributed by atoms with Crippen LogP contribution in [0.15, 0.2) is 4.42 Å². The molecule has 2 amide bonds. The van der Waals surface area contributed by atoms with Crippen molar-refractivity contribution in [2.75, 3.05) is 6.54 Å². The minimum Gasteiger partial charge on any atom is -0.464 e. The summed E-state index contributed by atoms with van der Waals surface area (Å²) < 4.78 is 5.67. The standard InChI is InChI=1S/C18H27NO3/c1-6-8-9-13(7-2)10-19-17(20)14-12(5)22-16(11(3)4)15(14)18(19)21/h11,13H,6-10H2,1-5H3. The van der Waals surface area contributed by atoms with Crippen LogP contribution in [-0.4, -0.2) is 23.3 Å². The van der Waals surface area contributed by atoms with Gasteiger partial charge in [-0.1, -0.05) is 47.0 Å². The molecule has 1 atom stereocenters. The molecule has 1 aromatic heterocycles. The molecule has 1 unspecified atom stereocenters. The largest absolute Gasteiger partial charge is 0.464 e. The fourth-order valence-corrected chi connectivity index (χ4v) is 3.15. The van der Waals surface area contributed by atoms with Crippen LogP contribution >= 0.6 is 0 Å². The minimum atomic E-state index is -0.178. The van der Waals surface area contributed by atoms with Crippen molar-refractivity contribution in [2.45, 2.75) is 66.2 Å². The van der Waals surface area contributed by atoms with Crippen molar-refractivity contribution in [3.63, 3.8) is 0 Å². The lowest BCUT2D eigenvalue weighted by molar-refractivity contribution is 0.0619. The van der Waals surface area contributed by atoms with Crippen LogP contribution in [0.2, 0.25) is 0 Å². The average molecular weight is 305 g/mol. The molecule has 0 bridgehead atoms. The highest BCUT2D eigenvalue weighted by Gasteiger charge is 2.42. The first kappa shape index (κ1) is 16.8. The third-order valence-corrected chi connectivity index (χ3v) is 4.54. The first-order valence-electron chi connectivity index (χ1n) is 8.41. The molecule has 0 saturated heterocycles. The zero-order valence-corrected chi connectivity index (χ0v) is 14.4. The van der Waals surface area contributed by atoms with Gasteiger partial charge in [-0.25, -0.2) is 0 Å². The van der Waals surface area contributed by atoms with Gasteiger partial charge in [0.1, 0.15) is 11.5 Å². The summed E-state index contributed by atoms with van der Waals surface area (Å²) in [5, 5.41) is 0. The van der Waals surface area contributed by atoms with Crippen molar-refractivity contribution >= 4 is 11.8 Å². The van der Waals surface area contributed by atoms with E-state index in [4.69, 9.17) is 4.42 Å². The van der Waals surface area contributed by atoms with Crippen molar-refractivity contribution in [2.24, 2.45) is 5.92 Å². The molecular formula is C18H27NO3. The van der Waals surface area contributed by atoms with Gasteiger partial charge >= 0.3 is 0 Å². The number of amides is 2. The summed E-state index contributed by atoms with van der Waals surface area (Å²) in [5.74, 6) is 1.35. The smallest absolute Gasteiger partial charge is 0.265 e. The maximum Gasteiger partial charge on any atom is 0.265 e. The van der Waals surface area contributed by atoms with Gasteiger partial charge < -0.3 is 4.42 Å². The number of hydrogen-bond donors (Lipinski definition) is 0. The van der Waals surface area contributed by atoms with Crippen molar-refractivity contribution in [1.29, 1.82) is 0 Å². The predicted octanol–water partition coefficient (Wildman–Crippen LogP) is 4.52. The van der Waals surface area contributed by atoms with Crippen LogP contribution < -0.4 is 0 Å². The molecule has 0 radical (unpaired) electrons. The summed E-state index contributed by atoms with van der Waals surface area (Å²) in [7, 11) is 0. The second kappa shape index (κ2) is 6.67. The lowest BCUT2D eigenvalue weighted by Gasteiger charge is -2.21. The van der Waals surface area contributed by atoms with E-state index in [9.17, 15) is 9.59 Å². The second-order valence-electron chi connectivity index (χ2n) is 6.56. The van der Waals surface area contributed by atoms with Crippen LogP contribution in [0.5, 0.6) is 0 Å². The van der Waals surface area contributed by atoms with Gasteiger partial charge in [0.2, 0.25) is 0 Å². The normalized spacial score (nSPS) is 15.8. The first-order chi connectivity index (χ1) is 10.4. The number of nitrogens with zero attached hydrogens (tertiary/aromatic N) is 1. The van der Waals surface area contributed by atoms with E-state index in [1.165, 1.54) is 4.90 Å². The Morgan fingerprint density at radius 2 is 1.73 bits per heavy atom. The van der Waals surface area contributed by atoms with E-state index in [1.807, 2.05) is 13.8 Å². The molecule has 2 heterocycles. The number of hydrogen-bond acceptors (Lipinski definition) is 3. The van der Waals surface area contributed by atoms with Crippen LogP contribution in [0.1, 0.15) is 91.5 Å². The first-order valence-corrected chi connectivity index (χ1v) is 8.41. The number of imide groups is 1. The van der Waals surface area contributed by atoms with Gasteiger partial charge in [-0.2, -0.15) is 0 Å². The molecule has 122 valence electrons. The molecule has 22 heavy (non-hydrogen) atoms. The van der Waals surface area contributed by atoms with E-state index >= 15 is 0 Å². The maximum atomic E-state index is 12.7. The molecule has 0 spiro atoms. The van der Waals surface area contributed by atoms with Crippen molar-refractivity contribution in [3.8, 4) is 0 Å². The molecule has 0 saturated carbocycles. The Morgan fingerprint density at radius 1 is 1.09 bits per heavy atom. The number of carbonyl (C=O) groups excluding carboxylic acids is 2. The molecule has 1 aliphatic rings. The third-order valence-electron chi connectivity index (χ3n) is 4.54. The average Bonchev–Trinajstić information content (AvgIpc) is 2.94. The van der Waals surface area contributed by atoms with E-state index in [0.717, 1.165) is 25.7 Å². The molecule has 4 heteroatoms. The molecule has 0 aromatic carbocycles. The van der Waals surface area contributed by atoms with Gasteiger partial charge in [-0.05, 0) is 19.3 Å². The predicted molar refractivity (Wildman–Crippen MR) is 86.2 cm³/mol. The van der Waals surface area contributed by atoms with Gasteiger partial charge in [0.05, 0.1) is 11.1 Å². The van der Waals surface area contributed by atoms with Crippen molar-refractivity contribution in [3.05, 3.63) is 22.6 Å². The molecule has 0 fully saturated rings. The SMILES string of the molecule is CCCCC(CC)CN1C(=O)c2c(C)oc(C(C)C)c2C1=O. The molecule has 0 N–H and O–H groups in total. The Bertz CT molecular complexity index is 571. The van der Waals surface area contributed by atoms with Crippen LogP contribution in [0.3, 0.4) is 0 Å². The Morgan fingerprint density at radius 3 is 2.27 bits per heavy atom.